The van der Waals surface area contributed by atoms with Crippen LogP contribution in [0.4, 0.5) is 0 Å². The lowest BCUT2D eigenvalue weighted by Gasteiger charge is -2.07. The van der Waals surface area contributed by atoms with E-state index in [1.165, 1.54) is 58.3 Å². The number of aromatic nitrogens is 4. The molecule has 0 aliphatic heterocycles. The van der Waals surface area contributed by atoms with Crippen molar-refractivity contribution in [3.63, 3.8) is 0 Å². The van der Waals surface area contributed by atoms with E-state index in [9.17, 15) is 16.8 Å². The summed E-state index contributed by atoms with van der Waals surface area (Å²) in [6, 6.07) is 9.23. The summed E-state index contributed by atoms with van der Waals surface area (Å²) in [7, 11) is -7.55. The van der Waals surface area contributed by atoms with E-state index in [1.54, 1.807) is 61.6 Å². The highest BCUT2D eigenvalue weighted by atomic mass is 79.9. The number of nitrogens with zero attached hydrogens (tertiary/aromatic N) is 4. The first-order chi connectivity index (χ1) is 24.6. The van der Waals surface area contributed by atoms with Gasteiger partial charge in [0, 0.05) is 22.0 Å². The van der Waals surface area contributed by atoms with Crippen molar-refractivity contribution < 1.29 is 16.8 Å². The topological polar surface area (TPSA) is 204 Å². The smallest absolute Gasteiger partial charge is 0.208 e. The van der Waals surface area contributed by atoms with Gasteiger partial charge in [-0.15, -0.1) is 59.4 Å². The first kappa shape index (κ1) is 40.0. The molecule has 6 aromatic rings. The first-order valence-electron chi connectivity index (χ1n) is 14.6. The third-order valence-electron chi connectivity index (χ3n) is 7.38. The van der Waals surface area contributed by atoms with Crippen LogP contribution in [0.3, 0.4) is 0 Å². The second-order valence-corrected chi connectivity index (χ2v) is 20.5. The number of rotatable bonds is 12. The molecule has 0 aliphatic rings. The summed E-state index contributed by atoms with van der Waals surface area (Å²) in [6.45, 7) is 8.53. The lowest BCUT2D eigenvalue weighted by Crippen LogP contribution is -2.09. The second kappa shape index (κ2) is 16.0. The number of allylic oxidation sites excluding steroid dienone is 2. The van der Waals surface area contributed by atoms with Crippen molar-refractivity contribution in [2.24, 2.45) is 11.5 Å². The largest absolute Gasteiger partial charge is 0.383 e. The van der Waals surface area contributed by atoms with Crippen LogP contribution in [-0.4, -0.2) is 60.1 Å². The normalized spacial score (nSPS) is 11.8. The Kier molecular flexibility index (Phi) is 12.3. The highest BCUT2D eigenvalue weighted by molar-refractivity contribution is 9.11. The number of benzene rings is 2. The van der Waals surface area contributed by atoms with Crippen LogP contribution in [0.25, 0.3) is 22.1 Å². The number of nitrogen functional groups attached to an aromatic ring is 2. The summed E-state index contributed by atoms with van der Waals surface area (Å²) in [5.74, 6) is -0.293. The van der Waals surface area contributed by atoms with Crippen molar-refractivity contribution >= 4 is 131 Å². The SMILES string of the molecule is C=CCn1cnc2c(Br)cc(S(=O)(=O)c3cc(C(=N)N)sc3SC)cc21.C=CCn1cnc2cc(S(=O)(=O)c3cc(C(=N)N)sc3SC)cc(Br)c21. The maximum absolute atomic E-state index is 13.2. The molecule has 0 unspecified atom stereocenters. The van der Waals surface area contributed by atoms with Gasteiger partial charge in [-0.3, -0.25) is 10.8 Å². The predicted octanol–water partition coefficient (Wildman–Crippen LogP) is 7.77. The molecule has 0 spiro atoms. The molecular formula is C32H30Br2N8O4S6. The van der Waals surface area contributed by atoms with E-state index < -0.39 is 19.7 Å². The average Bonchev–Trinajstić information content (AvgIpc) is 3.90. The van der Waals surface area contributed by atoms with Crippen molar-refractivity contribution in [1.29, 1.82) is 10.8 Å². The minimum absolute atomic E-state index is 0.143. The van der Waals surface area contributed by atoms with Gasteiger partial charge in [0.05, 0.1) is 67.0 Å². The molecule has 20 heteroatoms. The van der Waals surface area contributed by atoms with Gasteiger partial charge >= 0.3 is 0 Å². The molecule has 2 aromatic carbocycles. The van der Waals surface area contributed by atoms with Crippen LogP contribution < -0.4 is 11.5 Å². The summed E-state index contributed by atoms with van der Waals surface area (Å²) < 4.78 is 59.0. The molecule has 4 heterocycles. The quantitative estimate of drug-likeness (QED) is 0.0406. The van der Waals surface area contributed by atoms with Crippen LogP contribution in [0.15, 0.2) is 111 Å². The molecule has 0 amide bonds. The molecule has 0 saturated heterocycles. The Hall–Kier alpha value is -3.24. The molecule has 0 fully saturated rings. The van der Waals surface area contributed by atoms with E-state index >= 15 is 0 Å². The zero-order chi connectivity index (χ0) is 38.1. The monoisotopic (exact) mass is 940 g/mol. The summed E-state index contributed by atoms with van der Waals surface area (Å²) in [6.07, 6.45) is 10.4. The lowest BCUT2D eigenvalue weighted by molar-refractivity contribution is 0.593. The van der Waals surface area contributed by atoms with E-state index in [4.69, 9.17) is 22.3 Å². The zero-order valence-electron chi connectivity index (χ0n) is 27.4. The molecule has 0 saturated carbocycles. The Bertz CT molecular complexity index is 2620. The minimum Gasteiger partial charge on any atom is -0.383 e. The fourth-order valence-corrected chi connectivity index (χ4v) is 14.3. The van der Waals surface area contributed by atoms with Crippen LogP contribution in [0, 0.1) is 10.8 Å². The highest BCUT2D eigenvalue weighted by Crippen LogP contribution is 2.40. The van der Waals surface area contributed by atoms with Gasteiger partial charge in [0.15, 0.2) is 0 Å². The number of thioether (sulfide) groups is 2. The minimum atomic E-state index is -3.78. The highest BCUT2D eigenvalue weighted by Gasteiger charge is 2.28. The van der Waals surface area contributed by atoms with E-state index in [0.29, 0.717) is 56.8 Å². The summed E-state index contributed by atoms with van der Waals surface area (Å²) in [4.78, 5) is 10.1. The standard InChI is InChI=1S/2C16H15BrN4O2S3/c1-3-4-21-8-20-14-10(17)5-9(6-11(14)21)26(22,23)13-7-12(15(18)19)25-16(13)24-2;1-3-4-21-8-20-11-6-9(5-10(17)14(11)21)26(22,23)13-7-12(15(18)19)25-16(13)24-2/h2*3,5-8H,1,4H2,2H3,(H3,18,19). The number of sulfone groups is 2. The third-order valence-corrected chi connectivity index (χ3v) is 17.2. The van der Waals surface area contributed by atoms with Gasteiger partial charge in [-0.1, -0.05) is 12.2 Å². The number of hydrogen-bond acceptors (Lipinski definition) is 12. The van der Waals surface area contributed by atoms with Gasteiger partial charge in [0.2, 0.25) is 19.7 Å². The van der Waals surface area contributed by atoms with E-state index in [0.717, 1.165) is 5.52 Å². The maximum atomic E-state index is 13.2. The van der Waals surface area contributed by atoms with Gasteiger partial charge in [-0.25, -0.2) is 26.8 Å². The number of imidazole rings is 2. The Labute approximate surface area is 333 Å². The zero-order valence-corrected chi connectivity index (χ0v) is 35.5. The number of amidine groups is 2. The Morgan fingerprint density at radius 2 is 1.27 bits per heavy atom. The molecule has 0 radical (unpaired) electrons. The van der Waals surface area contributed by atoms with Gasteiger partial charge in [0.1, 0.15) is 17.2 Å². The van der Waals surface area contributed by atoms with Crippen molar-refractivity contribution in [2.45, 2.75) is 41.1 Å². The van der Waals surface area contributed by atoms with E-state index in [-0.39, 0.29) is 31.3 Å². The van der Waals surface area contributed by atoms with Gasteiger partial charge in [0.25, 0.3) is 0 Å². The number of fused-ring (bicyclic) bond motifs is 2. The van der Waals surface area contributed by atoms with Crippen LogP contribution in [-0.2, 0) is 32.8 Å². The molecule has 12 nitrogen and oxygen atoms in total. The predicted molar refractivity (Wildman–Crippen MR) is 220 cm³/mol. The number of nitrogens with one attached hydrogen (secondary N) is 2. The van der Waals surface area contributed by atoms with Crippen LogP contribution in [0.5, 0.6) is 0 Å². The third kappa shape index (κ3) is 7.70. The Morgan fingerprint density at radius 3 is 1.77 bits per heavy atom. The van der Waals surface area contributed by atoms with Crippen molar-refractivity contribution in [3.05, 3.63) is 93.1 Å². The molecule has 0 aliphatic carbocycles. The lowest BCUT2D eigenvalue weighted by atomic mass is 10.3. The van der Waals surface area contributed by atoms with Crippen molar-refractivity contribution in [3.8, 4) is 0 Å². The summed E-state index contributed by atoms with van der Waals surface area (Å²) >= 11 is 11.9. The van der Waals surface area contributed by atoms with E-state index in [2.05, 4.69) is 55.0 Å². The number of nitrogens with two attached hydrogens (primary N) is 2. The molecular weight excluding hydrogens is 913 g/mol. The van der Waals surface area contributed by atoms with Gasteiger partial charge in [-0.2, -0.15) is 0 Å². The van der Waals surface area contributed by atoms with Crippen molar-refractivity contribution in [1.82, 2.24) is 19.1 Å². The summed E-state index contributed by atoms with van der Waals surface area (Å²) in [5, 5.41) is 15.2. The Morgan fingerprint density at radius 1 is 0.788 bits per heavy atom. The fraction of sp³-hybridized carbons (Fsp3) is 0.125. The van der Waals surface area contributed by atoms with Gasteiger partial charge < -0.3 is 20.6 Å². The van der Waals surface area contributed by atoms with Crippen LogP contribution in [0.2, 0.25) is 0 Å². The average molecular weight is 943 g/mol. The molecule has 272 valence electrons. The van der Waals surface area contributed by atoms with Crippen LogP contribution in [0.1, 0.15) is 9.75 Å². The molecule has 0 bridgehead atoms. The fourth-order valence-electron chi connectivity index (χ4n) is 5.00. The number of halogens is 2. The van der Waals surface area contributed by atoms with E-state index in [1.807, 2.05) is 9.13 Å². The molecule has 0 atom stereocenters. The Balaban J connectivity index is 0.000000201. The molecule has 4 aromatic heterocycles. The number of thiophene rings is 2. The molecule has 6 rings (SSSR count). The summed E-state index contributed by atoms with van der Waals surface area (Å²) in [5.41, 5.74) is 13.8. The number of hydrogen-bond donors (Lipinski definition) is 4. The maximum Gasteiger partial charge on any atom is 0.208 e. The van der Waals surface area contributed by atoms with Gasteiger partial charge in [-0.05, 0) is 80.8 Å². The molecule has 6 N–H and O–H groups in total. The van der Waals surface area contributed by atoms with Crippen LogP contribution >= 0.6 is 78.1 Å². The first-order valence-corrected chi connectivity index (χ1v) is 23.3. The van der Waals surface area contributed by atoms with Crippen molar-refractivity contribution in [2.75, 3.05) is 12.5 Å². The molecule has 52 heavy (non-hydrogen) atoms. The second-order valence-electron chi connectivity index (χ2n) is 10.7.